The van der Waals surface area contributed by atoms with Gasteiger partial charge >= 0.3 is 0 Å². The van der Waals surface area contributed by atoms with Crippen LogP contribution in [-0.4, -0.2) is 56.1 Å². The molecule has 0 saturated carbocycles. The first-order valence-electron chi connectivity index (χ1n) is 9.99. The fourth-order valence-electron chi connectivity index (χ4n) is 4.26. The molecule has 0 N–H and O–H groups in total. The van der Waals surface area contributed by atoms with E-state index in [4.69, 9.17) is 27.9 Å². The van der Waals surface area contributed by atoms with Gasteiger partial charge in [-0.05, 0) is 42.3 Å². The van der Waals surface area contributed by atoms with E-state index in [2.05, 4.69) is 4.90 Å². The van der Waals surface area contributed by atoms with E-state index in [0.29, 0.717) is 49.5 Å². The molecule has 0 unspecified atom stereocenters. The molecule has 0 amide bonds. The smallest absolute Gasteiger partial charge is 0.248 e. The van der Waals surface area contributed by atoms with Crippen LogP contribution in [0.5, 0.6) is 0 Å². The van der Waals surface area contributed by atoms with E-state index < -0.39 is 26.5 Å². The van der Waals surface area contributed by atoms with Crippen LogP contribution in [0.3, 0.4) is 0 Å². The normalized spacial score (nSPS) is 19.9. The van der Waals surface area contributed by atoms with Gasteiger partial charge in [-0.1, -0.05) is 29.3 Å². The molecule has 31 heavy (non-hydrogen) atoms. The van der Waals surface area contributed by atoms with E-state index in [1.807, 2.05) is 0 Å². The molecule has 2 aromatic rings. The first-order chi connectivity index (χ1) is 14.7. The summed E-state index contributed by atoms with van der Waals surface area (Å²) in [4.78, 5) is 1.75. The Morgan fingerprint density at radius 2 is 1.61 bits per heavy atom. The number of hydrogen-bond acceptors (Lipinski definition) is 4. The van der Waals surface area contributed by atoms with Crippen molar-refractivity contribution in [1.82, 2.24) is 9.21 Å². The Kier molecular flexibility index (Phi) is 6.59. The molecule has 10 heteroatoms. The van der Waals surface area contributed by atoms with Crippen LogP contribution in [0.2, 0.25) is 10.0 Å². The van der Waals surface area contributed by atoms with Crippen LogP contribution in [0.1, 0.15) is 18.4 Å². The molecule has 2 heterocycles. The minimum Gasteiger partial charge on any atom is -0.358 e. The molecule has 2 saturated heterocycles. The molecule has 168 valence electrons. The Labute approximate surface area is 190 Å². The zero-order valence-electron chi connectivity index (χ0n) is 16.7. The van der Waals surface area contributed by atoms with Gasteiger partial charge < -0.3 is 9.64 Å². The molecule has 0 bridgehead atoms. The molecule has 0 aromatic heterocycles. The second kappa shape index (κ2) is 8.92. The van der Waals surface area contributed by atoms with Gasteiger partial charge in [0.25, 0.3) is 0 Å². The minimum atomic E-state index is -4.08. The fourth-order valence-corrected chi connectivity index (χ4v) is 6.35. The molecule has 2 aromatic carbocycles. The second-order valence-electron chi connectivity index (χ2n) is 7.77. The molecule has 4 rings (SSSR count). The number of likely N-dealkylation sites (tertiary alicyclic amines) is 1. The zero-order chi connectivity index (χ0) is 22.2. The van der Waals surface area contributed by atoms with Crippen molar-refractivity contribution in [3.8, 4) is 0 Å². The lowest BCUT2D eigenvalue weighted by molar-refractivity contribution is -0.0904. The second-order valence-corrected chi connectivity index (χ2v) is 10.5. The maximum Gasteiger partial charge on any atom is 0.248 e. The van der Waals surface area contributed by atoms with Gasteiger partial charge in [-0.25, -0.2) is 17.2 Å². The van der Waals surface area contributed by atoms with Gasteiger partial charge in [0.1, 0.15) is 22.3 Å². The summed E-state index contributed by atoms with van der Waals surface area (Å²) in [5.41, 5.74) is -0.406. The van der Waals surface area contributed by atoms with Crippen LogP contribution in [-0.2, 0) is 21.2 Å². The van der Waals surface area contributed by atoms with E-state index in [1.54, 1.807) is 12.1 Å². The summed E-state index contributed by atoms with van der Waals surface area (Å²) in [7, 11) is -4.08. The largest absolute Gasteiger partial charge is 0.358 e. The molecule has 2 fully saturated rings. The summed E-state index contributed by atoms with van der Waals surface area (Å²) < 4.78 is 61.9. The summed E-state index contributed by atoms with van der Waals surface area (Å²) in [6.07, 6.45) is 1.42. The first kappa shape index (κ1) is 22.9. The van der Waals surface area contributed by atoms with Crippen molar-refractivity contribution in [2.24, 2.45) is 0 Å². The highest BCUT2D eigenvalue weighted by atomic mass is 35.5. The number of benzene rings is 2. The van der Waals surface area contributed by atoms with Gasteiger partial charge in [0, 0.05) is 49.1 Å². The Morgan fingerprint density at radius 3 is 2.26 bits per heavy atom. The predicted octanol–water partition coefficient (Wildman–Crippen LogP) is 4.33. The summed E-state index contributed by atoms with van der Waals surface area (Å²) in [6, 6.07) is 8.19. The number of ether oxygens (including phenoxy) is 1. The lowest BCUT2D eigenvalue weighted by Crippen LogP contribution is -2.55. The van der Waals surface area contributed by atoms with Crippen LogP contribution < -0.4 is 0 Å². The van der Waals surface area contributed by atoms with E-state index in [-0.39, 0.29) is 24.0 Å². The SMILES string of the molecule is O=S(=O)(c1ccc(Cl)cc1F)N1CCOC12CCN(CCc1ccc(Cl)cc1F)CC2. The molecule has 0 aliphatic carbocycles. The van der Waals surface area contributed by atoms with Gasteiger partial charge in [-0.15, -0.1) is 0 Å². The van der Waals surface area contributed by atoms with Crippen LogP contribution in [0.15, 0.2) is 41.3 Å². The summed E-state index contributed by atoms with van der Waals surface area (Å²) in [5.74, 6) is -1.21. The van der Waals surface area contributed by atoms with Crippen LogP contribution in [0.4, 0.5) is 8.78 Å². The van der Waals surface area contributed by atoms with Gasteiger partial charge in [0.15, 0.2) is 0 Å². The van der Waals surface area contributed by atoms with E-state index in [9.17, 15) is 17.2 Å². The van der Waals surface area contributed by atoms with E-state index in [0.717, 1.165) is 6.07 Å². The Hall–Kier alpha value is -1.29. The Bertz CT molecular complexity index is 1080. The molecular formula is C21H22Cl2F2N2O3S. The highest BCUT2D eigenvalue weighted by Crippen LogP contribution is 2.39. The van der Waals surface area contributed by atoms with Crippen LogP contribution in [0.25, 0.3) is 0 Å². The maximum absolute atomic E-state index is 14.4. The predicted molar refractivity (Wildman–Crippen MR) is 115 cm³/mol. The zero-order valence-corrected chi connectivity index (χ0v) is 19.0. The molecule has 1 spiro atoms. The fraction of sp³-hybridized carbons (Fsp3) is 0.429. The number of rotatable bonds is 5. The lowest BCUT2D eigenvalue weighted by Gasteiger charge is -2.42. The molecule has 2 aliphatic heterocycles. The number of hydrogen-bond donors (Lipinski definition) is 0. The third kappa shape index (κ3) is 4.60. The van der Waals surface area contributed by atoms with Gasteiger partial charge in [0.2, 0.25) is 10.0 Å². The Morgan fingerprint density at radius 1 is 0.968 bits per heavy atom. The summed E-state index contributed by atoms with van der Waals surface area (Å²) in [5, 5.41) is 0.493. The Balaban J connectivity index is 1.44. The topological polar surface area (TPSA) is 49.9 Å². The van der Waals surface area contributed by atoms with Crippen LogP contribution >= 0.6 is 23.2 Å². The van der Waals surface area contributed by atoms with Crippen molar-refractivity contribution in [2.75, 3.05) is 32.8 Å². The van der Waals surface area contributed by atoms with Gasteiger partial charge in [-0.3, -0.25) is 0 Å². The quantitative estimate of drug-likeness (QED) is 0.625. The van der Waals surface area contributed by atoms with Crippen molar-refractivity contribution < 1.29 is 21.9 Å². The average molecular weight is 491 g/mol. The lowest BCUT2D eigenvalue weighted by atomic mass is 10.00. The highest BCUT2D eigenvalue weighted by molar-refractivity contribution is 7.89. The third-order valence-electron chi connectivity index (χ3n) is 5.93. The average Bonchev–Trinajstić information content (AvgIpc) is 3.12. The summed E-state index contributed by atoms with van der Waals surface area (Å²) in [6.45, 7) is 2.23. The molecule has 0 radical (unpaired) electrons. The number of nitrogens with zero attached hydrogens (tertiary/aromatic N) is 2. The van der Waals surface area contributed by atoms with Gasteiger partial charge in [-0.2, -0.15) is 4.31 Å². The standard InChI is InChI=1S/C21H22Cl2F2N2O3S/c22-16-2-1-15(18(24)13-16)5-8-26-9-6-21(7-10-26)27(11-12-30-21)31(28,29)20-4-3-17(23)14-19(20)25/h1-4,13-14H,5-12H2. The highest BCUT2D eigenvalue weighted by Gasteiger charge is 2.50. The van der Waals surface area contributed by atoms with Crippen molar-refractivity contribution in [3.05, 3.63) is 63.6 Å². The van der Waals surface area contributed by atoms with Crippen molar-refractivity contribution in [2.45, 2.75) is 29.9 Å². The van der Waals surface area contributed by atoms with Crippen molar-refractivity contribution in [3.63, 3.8) is 0 Å². The monoisotopic (exact) mass is 490 g/mol. The third-order valence-corrected chi connectivity index (χ3v) is 8.38. The van der Waals surface area contributed by atoms with E-state index in [1.165, 1.54) is 22.5 Å². The van der Waals surface area contributed by atoms with Crippen molar-refractivity contribution in [1.29, 1.82) is 0 Å². The van der Waals surface area contributed by atoms with Crippen LogP contribution in [0, 0.1) is 11.6 Å². The molecule has 5 nitrogen and oxygen atoms in total. The molecular weight excluding hydrogens is 469 g/mol. The minimum absolute atomic E-state index is 0.134. The maximum atomic E-state index is 14.4. The molecule has 0 atom stereocenters. The first-order valence-corrected chi connectivity index (χ1v) is 12.2. The number of piperidine rings is 1. The van der Waals surface area contributed by atoms with Gasteiger partial charge in [0.05, 0.1) is 6.61 Å². The molecule has 2 aliphatic rings. The summed E-state index contributed by atoms with van der Waals surface area (Å²) >= 11 is 11.6. The van der Waals surface area contributed by atoms with Crippen molar-refractivity contribution >= 4 is 33.2 Å². The number of halogens is 4. The number of sulfonamides is 1. The van der Waals surface area contributed by atoms with E-state index >= 15 is 0 Å².